The molecule has 0 aromatic carbocycles. The third kappa shape index (κ3) is 11.9. The van der Waals surface area contributed by atoms with Gasteiger partial charge in [0, 0.05) is 0 Å². The summed E-state index contributed by atoms with van der Waals surface area (Å²) >= 11 is 0. The monoisotopic (exact) mass is 212 g/mol. The van der Waals surface area contributed by atoms with Crippen LogP contribution in [0, 0.1) is 5.92 Å². The molecule has 0 amide bonds. The molecule has 1 unspecified atom stereocenters. The van der Waals surface area contributed by atoms with E-state index in [1.54, 1.807) is 0 Å². The van der Waals surface area contributed by atoms with E-state index in [2.05, 4.69) is 20.8 Å². The van der Waals surface area contributed by atoms with Crippen LogP contribution in [-0.2, 0) is 0 Å². The maximum atomic E-state index is 2.43. The van der Waals surface area contributed by atoms with Crippen LogP contribution in [0.5, 0.6) is 0 Å². The highest BCUT2D eigenvalue weighted by atomic mass is 14.1. The molecule has 0 aliphatic carbocycles. The van der Waals surface area contributed by atoms with Crippen molar-refractivity contribution in [2.75, 3.05) is 0 Å². The normalized spacial score (nSPS) is 13.0. The van der Waals surface area contributed by atoms with Crippen LogP contribution in [0.4, 0.5) is 0 Å². The zero-order chi connectivity index (χ0) is 11.4. The van der Waals surface area contributed by atoms with Crippen molar-refractivity contribution < 1.29 is 0 Å². The third-order valence-corrected chi connectivity index (χ3v) is 3.35. The quantitative estimate of drug-likeness (QED) is 0.371. The van der Waals surface area contributed by atoms with Gasteiger partial charge in [-0.2, -0.15) is 0 Å². The van der Waals surface area contributed by atoms with Gasteiger partial charge in [-0.1, -0.05) is 91.4 Å². The zero-order valence-electron chi connectivity index (χ0n) is 11.4. The minimum Gasteiger partial charge on any atom is -0.0654 e. The second kappa shape index (κ2) is 12.1. The van der Waals surface area contributed by atoms with Crippen molar-refractivity contribution in [2.45, 2.75) is 91.4 Å². The number of unbranched alkanes of at least 4 members (excludes halogenated alkanes) is 7. The molecule has 1 atom stereocenters. The molecule has 0 heterocycles. The van der Waals surface area contributed by atoms with Crippen LogP contribution >= 0.6 is 0 Å². The molecule has 0 heteroatoms. The van der Waals surface area contributed by atoms with Crippen LogP contribution in [0.3, 0.4) is 0 Å². The molecule has 15 heavy (non-hydrogen) atoms. The van der Waals surface area contributed by atoms with Gasteiger partial charge < -0.3 is 0 Å². The molecule has 0 radical (unpaired) electrons. The fourth-order valence-electron chi connectivity index (χ4n) is 2.16. The van der Waals surface area contributed by atoms with Gasteiger partial charge in [0.15, 0.2) is 0 Å². The number of hydrogen-bond acceptors (Lipinski definition) is 0. The highest BCUT2D eigenvalue weighted by molar-refractivity contribution is 4.54. The van der Waals surface area contributed by atoms with E-state index >= 15 is 0 Å². The van der Waals surface area contributed by atoms with Gasteiger partial charge in [-0.3, -0.25) is 0 Å². The van der Waals surface area contributed by atoms with E-state index in [4.69, 9.17) is 0 Å². The second-order valence-corrected chi connectivity index (χ2v) is 5.16. The molecular weight excluding hydrogens is 180 g/mol. The minimum absolute atomic E-state index is 0.975. The first-order valence-electron chi connectivity index (χ1n) is 7.31. The molecule has 0 aliphatic rings. The first-order chi connectivity index (χ1) is 7.31. The van der Waals surface area contributed by atoms with E-state index in [-0.39, 0.29) is 0 Å². The Labute approximate surface area is 97.8 Å². The van der Waals surface area contributed by atoms with Gasteiger partial charge in [0.05, 0.1) is 0 Å². The Morgan fingerprint density at radius 2 is 1.00 bits per heavy atom. The van der Waals surface area contributed by atoms with Crippen LogP contribution in [0.25, 0.3) is 0 Å². The first-order valence-corrected chi connectivity index (χ1v) is 7.31. The van der Waals surface area contributed by atoms with Gasteiger partial charge in [0.2, 0.25) is 0 Å². The minimum atomic E-state index is 0.975. The van der Waals surface area contributed by atoms with Crippen molar-refractivity contribution in [1.29, 1.82) is 0 Å². The fourth-order valence-corrected chi connectivity index (χ4v) is 2.16. The summed E-state index contributed by atoms with van der Waals surface area (Å²) in [5.74, 6) is 0.975. The molecule has 0 N–H and O–H groups in total. The van der Waals surface area contributed by atoms with Crippen LogP contribution < -0.4 is 0 Å². The van der Waals surface area contributed by atoms with E-state index in [1.807, 2.05) is 0 Å². The lowest BCUT2D eigenvalue weighted by Gasteiger charge is -2.10. The maximum absolute atomic E-state index is 2.43. The lowest BCUT2D eigenvalue weighted by Crippen LogP contribution is -1.94. The molecule has 0 aromatic rings. The Morgan fingerprint density at radius 1 is 0.600 bits per heavy atom. The van der Waals surface area contributed by atoms with Crippen LogP contribution in [0.1, 0.15) is 91.4 Å². The summed E-state index contributed by atoms with van der Waals surface area (Å²) in [5, 5.41) is 0. The van der Waals surface area contributed by atoms with Crippen LogP contribution in [0.15, 0.2) is 0 Å². The largest absolute Gasteiger partial charge is 0.0654 e. The van der Waals surface area contributed by atoms with Crippen molar-refractivity contribution in [1.82, 2.24) is 0 Å². The van der Waals surface area contributed by atoms with Gasteiger partial charge in [-0.25, -0.2) is 0 Å². The third-order valence-electron chi connectivity index (χ3n) is 3.35. The molecule has 0 saturated carbocycles. The lowest BCUT2D eigenvalue weighted by atomic mass is 9.96. The number of hydrogen-bond donors (Lipinski definition) is 0. The van der Waals surface area contributed by atoms with E-state index in [0.717, 1.165) is 5.92 Å². The van der Waals surface area contributed by atoms with Crippen LogP contribution in [-0.4, -0.2) is 0 Å². The van der Waals surface area contributed by atoms with Crippen molar-refractivity contribution >= 4 is 0 Å². The smallest absolute Gasteiger partial charge is 0.0443 e. The maximum Gasteiger partial charge on any atom is -0.0443 e. The van der Waals surface area contributed by atoms with Gasteiger partial charge in [-0.15, -0.1) is 0 Å². The highest BCUT2D eigenvalue weighted by Crippen LogP contribution is 2.17. The Kier molecular flexibility index (Phi) is 12.1. The summed E-state index contributed by atoms with van der Waals surface area (Å²) in [5.41, 5.74) is 0. The van der Waals surface area contributed by atoms with Gasteiger partial charge >= 0.3 is 0 Å². The Balaban J connectivity index is 3.06. The summed E-state index contributed by atoms with van der Waals surface area (Å²) in [4.78, 5) is 0. The Bertz CT molecular complexity index is 107. The Morgan fingerprint density at radius 3 is 1.60 bits per heavy atom. The molecular formula is C15H32. The topological polar surface area (TPSA) is 0 Å². The highest BCUT2D eigenvalue weighted by Gasteiger charge is 2.01. The summed E-state index contributed by atoms with van der Waals surface area (Å²) in [6, 6.07) is 0. The standard InChI is InChI=1S/C15H32/c1-4-6-8-9-10-12-14-15(3)13-11-7-5-2/h15H,4-14H2,1-3H3. The summed E-state index contributed by atoms with van der Waals surface area (Å²) < 4.78 is 0. The van der Waals surface area contributed by atoms with Crippen molar-refractivity contribution in [2.24, 2.45) is 5.92 Å². The van der Waals surface area contributed by atoms with Gasteiger partial charge in [0.1, 0.15) is 0 Å². The second-order valence-electron chi connectivity index (χ2n) is 5.16. The molecule has 0 bridgehead atoms. The van der Waals surface area contributed by atoms with E-state index in [0.29, 0.717) is 0 Å². The van der Waals surface area contributed by atoms with Crippen molar-refractivity contribution in [3.8, 4) is 0 Å². The zero-order valence-corrected chi connectivity index (χ0v) is 11.4. The summed E-state index contributed by atoms with van der Waals surface area (Å²) in [6.07, 6.45) is 15.8. The van der Waals surface area contributed by atoms with Crippen LogP contribution in [0.2, 0.25) is 0 Å². The number of rotatable bonds is 11. The molecule has 0 aliphatic heterocycles. The average Bonchev–Trinajstić information content (AvgIpc) is 2.23. The first kappa shape index (κ1) is 15.0. The van der Waals surface area contributed by atoms with Crippen molar-refractivity contribution in [3.05, 3.63) is 0 Å². The van der Waals surface area contributed by atoms with Gasteiger partial charge in [0.25, 0.3) is 0 Å². The Hall–Kier alpha value is 0. The molecule has 0 aromatic heterocycles. The predicted octanol–water partition coefficient (Wildman–Crippen LogP) is 5.95. The molecule has 0 saturated heterocycles. The van der Waals surface area contributed by atoms with E-state index in [9.17, 15) is 0 Å². The van der Waals surface area contributed by atoms with Crippen molar-refractivity contribution in [3.63, 3.8) is 0 Å². The molecule has 0 nitrogen and oxygen atoms in total. The average molecular weight is 212 g/mol. The summed E-state index contributed by atoms with van der Waals surface area (Å²) in [7, 11) is 0. The van der Waals surface area contributed by atoms with E-state index in [1.165, 1.54) is 70.6 Å². The molecule has 0 rings (SSSR count). The predicted molar refractivity (Wildman–Crippen MR) is 71.3 cm³/mol. The molecule has 92 valence electrons. The molecule has 0 spiro atoms. The lowest BCUT2D eigenvalue weighted by molar-refractivity contribution is 0.437. The van der Waals surface area contributed by atoms with Gasteiger partial charge in [-0.05, 0) is 5.92 Å². The summed E-state index contributed by atoms with van der Waals surface area (Å²) in [6.45, 7) is 7.01. The van der Waals surface area contributed by atoms with E-state index < -0.39 is 0 Å². The molecule has 0 fully saturated rings. The fraction of sp³-hybridized carbons (Fsp3) is 1.00. The SMILES string of the molecule is CCCCCCCCC(C)CCCCC.